The van der Waals surface area contributed by atoms with Crippen LogP contribution in [0.2, 0.25) is 0 Å². The van der Waals surface area contributed by atoms with E-state index in [0.29, 0.717) is 12.8 Å². The molecule has 6 heteroatoms. The van der Waals surface area contributed by atoms with Crippen molar-refractivity contribution < 1.29 is 13.2 Å². The predicted molar refractivity (Wildman–Crippen MR) is 50.4 cm³/mol. The van der Waals surface area contributed by atoms with Crippen LogP contribution >= 0.6 is 0 Å². The highest BCUT2D eigenvalue weighted by molar-refractivity contribution is 7.89. The van der Waals surface area contributed by atoms with E-state index in [1.165, 1.54) is 0 Å². The fraction of sp³-hybridized carbons (Fsp3) is 0.571. The second kappa shape index (κ2) is 5.71. The standard InChI is InChI=1S/C7H14N2O3S/c1-2-3-4-7(10)9-5-6-13(8,11)12/h2H,1,3-6H2,(H,9,10)(H2,8,11,12). The molecule has 0 fully saturated rings. The molecule has 0 rings (SSSR count). The van der Waals surface area contributed by atoms with Crippen LogP contribution in [0.3, 0.4) is 0 Å². The van der Waals surface area contributed by atoms with Gasteiger partial charge in [-0.3, -0.25) is 4.79 Å². The first-order chi connectivity index (χ1) is 5.95. The van der Waals surface area contributed by atoms with Gasteiger partial charge in [-0.05, 0) is 6.42 Å². The number of sulfonamides is 1. The molecular weight excluding hydrogens is 192 g/mol. The van der Waals surface area contributed by atoms with E-state index in [2.05, 4.69) is 11.9 Å². The molecule has 0 spiro atoms. The number of primary sulfonamides is 1. The summed E-state index contributed by atoms with van der Waals surface area (Å²) in [6.45, 7) is 3.52. The molecule has 0 aromatic heterocycles. The van der Waals surface area contributed by atoms with Crippen molar-refractivity contribution in [2.75, 3.05) is 12.3 Å². The summed E-state index contributed by atoms with van der Waals surface area (Å²) < 4.78 is 20.9. The van der Waals surface area contributed by atoms with Gasteiger partial charge in [-0.15, -0.1) is 6.58 Å². The van der Waals surface area contributed by atoms with Crippen molar-refractivity contribution in [3.8, 4) is 0 Å². The zero-order valence-electron chi connectivity index (χ0n) is 7.32. The lowest BCUT2D eigenvalue weighted by Gasteiger charge is -2.01. The molecule has 0 atom stereocenters. The molecule has 0 saturated carbocycles. The van der Waals surface area contributed by atoms with E-state index in [4.69, 9.17) is 5.14 Å². The normalized spacial score (nSPS) is 10.8. The lowest BCUT2D eigenvalue weighted by atomic mass is 10.3. The summed E-state index contributed by atoms with van der Waals surface area (Å²) >= 11 is 0. The molecule has 3 N–H and O–H groups in total. The van der Waals surface area contributed by atoms with E-state index in [9.17, 15) is 13.2 Å². The largest absolute Gasteiger partial charge is 0.355 e. The highest BCUT2D eigenvalue weighted by atomic mass is 32.2. The van der Waals surface area contributed by atoms with Crippen molar-refractivity contribution >= 4 is 15.9 Å². The number of carbonyl (C=O) groups is 1. The van der Waals surface area contributed by atoms with Gasteiger partial charge in [0.05, 0.1) is 5.75 Å². The summed E-state index contributed by atoms with van der Waals surface area (Å²) in [6, 6.07) is 0. The average molecular weight is 206 g/mol. The predicted octanol–water partition coefficient (Wildman–Crippen LogP) is -0.643. The molecule has 1 amide bonds. The van der Waals surface area contributed by atoms with E-state index in [0.717, 1.165) is 0 Å². The molecule has 13 heavy (non-hydrogen) atoms. The summed E-state index contributed by atoms with van der Waals surface area (Å²) in [6.07, 6.45) is 2.54. The Bertz CT molecular complexity index is 271. The Kier molecular flexibility index (Phi) is 5.33. The highest BCUT2D eigenvalue weighted by Gasteiger charge is 2.03. The third-order valence-electron chi connectivity index (χ3n) is 1.28. The molecule has 0 saturated heterocycles. The summed E-state index contributed by atoms with van der Waals surface area (Å²) in [5.74, 6) is -0.420. The average Bonchev–Trinajstić information content (AvgIpc) is 1.98. The molecule has 0 aliphatic heterocycles. The van der Waals surface area contributed by atoms with Crippen LogP contribution in [0.1, 0.15) is 12.8 Å². The van der Waals surface area contributed by atoms with Gasteiger partial charge in [-0.2, -0.15) is 0 Å². The van der Waals surface area contributed by atoms with E-state index >= 15 is 0 Å². The zero-order valence-corrected chi connectivity index (χ0v) is 8.14. The summed E-state index contributed by atoms with van der Waals surface area (Å²) in [7, 11) is -3.48. The van der Waals surface area contributed by atoms with Crippen molar-refractivity contribution in [2.45, 2.75) is 12.8 Å². The summed E-state index contributed by atoms with van der Waals surface area (Å²) in [4.78, 5) is 10.9. The maximum Gasteiger partial charge on any atom is 0.220 e. The van der Waals surface area contributed by atoms with E-state index in [-0.39, 0.29) is 18.2 Å². The van der Waals surface area contributed by atoms with Gasteiger partial charge in [0.2, 0.25) is 15.9 Å². The van der Waals surface area contributed by atoms with Crippen LogP contribution in [0.25, 0.3) is 0 Å². The Hall–Kier alpha value is -0.880. The van der Waals surface area contributed by atoms with Crippen LogP contribution in [-0.2, 0) is 14.8 Å². The molecular formula is C7H14N2O3S. The molecule has 0 aliphatic carbocycles. The lowest BCUT2D eigenvalue weighted by molar-refractivity contribution is -0.120. The van der Waals surface area contributed by atoms with Gasteiger partial charge in [-0.1, -0.05) is 6.08 Å². The topological polar surface area (TPSA) is 89.3 Å². The Morgan fingerprint density at radius 3 is 2.62 bits per heavy atom. The van der Waals surface area contributed by atoms with Gasteiger partial charge in [0.1, 0.15) is 0 Å². The molecule has 0 bridgehead atoms. The molecule has 76 valence electrons. The molecule has 0 radical (unpaired) electrons. The molecule has 0 aromatic carbocycles. The number of rotatable bonds is 6. The number of hydrogen-bond donors (Lipinski definition) is 2. The molecule has 0 heterocycles. The van der Waals surface area contributed by atoms with E-state index < -0.39 is 10.0 Å². The van der Waals surface area contributed by atoms with Crippen LogP contribution in [-0.4, -0.2) is 26.6 Å². The monoisotopic (exact) mass is 206 g/mol. The van der Waals surface area contributed by atoms with Crippen molar-refractivity contribution in [2.24, 2.45) is 5.14 Å². The minimum atomic E-state index is -3.48. The maximum atomic E-state index is 10.9. The van der Waals surface area contributed by atoms with Gasteiger partial charge < -0.3 is 5.32 Å². The van der Waals surface area contributed by atoms with Crippen LogP contribution in [0.4, 0.5) is 0 Å². The van der Waals surface area contributed by atoms with Crippen LogP contribution in [0, 0.1) is 0 Å². The Morgan fingerprint density at radius 2 is 2.15 bits per heavy atom. The van der Waals surface area contributed by atoms with Crippen molar-refractivity contribution in [3.05, 3.63) is 12.7 Å². The minimum Gasteiger partial charge on any atom is -0.355 e. The fourth-order valence-electron chi connectivity index (χ4n) is 0.654. The maximum absolute atomic E-state index is 10.9. The van der Waals surface area contributed by atoms with Gasteiger partial charge in [-0.25, -0.2) is 13.6 Å². The second-order valence-corrected chi connectivity index (χ2v) is 4.28. The lowest BCUT2D eigenvalue weighted by Crippen LogP contribution is -2.31. The molecule has 5 nitrogen and oxygen atoms in total. The fourth-order valence-corrected chi connectivity index (χ4v) is 1.04. The van der Waals surface area contributed by atoms with Crippen molar-refractivity contribution in [1.29, 1.82) is 0 Å². The Morgan fingerprint density at radius 1 is 1.54 bits per heavy atom. The third kappa shape index (κ3) is 9.03. The molecule has 0 unspecified atom stereocenters. The summed E-state index contributed by atoms with van der Waals surface area (Å²) in [5, 5.41) is 7.15. The van der Waals surface area contributed by atoms with Gasteiger partial charge in [0.25, 0.3) is 0 Å². The Balaban J connectivity index is 3.54. The number of hydrogen-bond acceptors (Lipinski definition) is 3. The summed E-state index contributed by atoms with van der Waals surface area (Å²) in [5.41, 5.74) is 0. The first-order valence-electron chi connectivity index (χ1n) is 3.84. The van der Waals surface area contributed by atoms with Gasteiger partial charge >= 0.3 is 0 Å². The molecule has 0 aliphatic rings. The second-order valence-electron chi connectivity index (χ2n) is 2.54. The first-order valence-corrected chi connectivity index (χ1v) is 5.55. The number of carbonyl (C=O) groups excluding carboxylic acids is 1. The molecule has 0 aromatic rings. The van der Waals surface area contributed by atoms with E-state index in [1.807, 2.05) is 0 Å². The number of allylic oxidation sites excluding steroid dienone is 1. The highest BCUT2D eigenvalue weighted by Crippen LogP contribution is 1.88. The van der Waals surface area contributed by atoms with Crippen molar-refractivity contribution in [1.82, 2.24) is 5.32 Å². The van der Waals surface area contributed by atoms with Crippen LogP contribution in [0.15, 0.2) is 12.7 Å². The number of nitrogens with two attached hydrogens (primary N) is 1. The van der Waals surface area contributed by atoms with Crippen molar-refractivity contribution in [3.63, 3.8) is 0 Å². The smallest absolute Gasteiger partial charge is 0.220 e. The van der Waals surface area contributed by atoms with Gasteiger partial charge in [0, 0.05) is 13.0 Å². The third-order valence-corrected chi connectivity index (χ3v) is 2.06. The quantitative estimate of drug-likeness (QED) is 0.566. The van der Waals surface area contributed by atoms with Crippen LogP contribution < -0.4 is 10.5 Å². The van der Waals surface area contributed by atoms with Crippen LogP contribution in [0.5, 0.6) is 0 Å². The SMILES string of the molecule is C=CCCC(=O)NCCS(N)(=O)=O. The van der Waals surface area contributed by atoms with E-state index in [1.54, 1.807) is 6.08 Å². The zero-order chi connectivity index (χ0) is 10.3. The van der Waals surface area contributed by atoms with Gasteiger partial charge in [0.15, 0.2) is 0 Å². The first kappa shape index (κ1) is 12.1. The Labute approximate surface area is 78.1 Å². The number of amides is 1. The minimum absolute atomic E-state index is 0.0643. The number of nitrogens with one attached hydrogen (secondary N) is 1.